The molecule has 3 atom stereocenters. The molecular formula is C18H29NO. The van der Waals surface area contributed by atoms with Crippen molar-refractivity contribution in [1.29, 1.82) is 5.26 Å². The first-order chi connectivity index (χ1) is 9.57. The molecule has 3 unspecified atom stereocenters. The number of nitriles is 1. The number of nitrogens with zero attached hydrogens (tertiary/aromatic N) is 1. The molecular weight excluding hydrogens is 246 g/mol. The number of aliphatic hydroxyl groups excluding tert-OH is 1. The van der Waals surface area contributed by atoms with Gasteiger partial charge in [0.25, 0.3) is 0 Å². The van der Waals surface area contributed by atoms with Gasteiger partial charge < -0.3 is 5.11 Å². The third-order valence-corrected chi connectivity index (χ3v) is 5.31. The van der Waals surface area contributed by atoms with Crippen LogP contribution in [0.25, 0.3) is 0 Å². The van der Waals surface area contributed by atoms with Crippen LogP contribution in [0.4, 0.5) is 0 Å². The third kappa shape index (κ3) is 3.44. The lowest BCUT2D eigenvalue weighted by molar-refractivity contribution is -0.00946. The van der Waals surface area contributed by atoms with Crippen molar-refractivity contribution in [2.45, 2.75) is 77.7 Å². The van der Waals surface area contributed by atoms with E-state index < -0.39 is 11.5 Å². The summed E-state index contributed by atoms with van der Waals surface area (Å²) in [4.78, 5) is 0. The van der Waals surface area contributed by atoms with E-state index in [-0.39, 0.29) is 5.92 Å². The molecule has 1 N–H and O–H groups in total. The normalized spacial score (nSPS) is 32.4. The molecule has 0 amide bonds. The van der Waals surface area contributed by atoms with E-state index in [1.807, 2.05) is 0 Å². The van der Waals surface area contributed by atoms with Crippen LogP contribution >= 0.6 is 0 Å². The van der Waals surface area contributed by atoms with Gasteiger partial charge in [0, 0.05) is 0 Å². The van der Waals surface area contributed by atoms with Gasteiger partial charge in [0.1, 0.15) is 0 Å². The molecule has 1 saturated carbocycles. The highest BCUT2D eigenvalue weighted by molar-refractivity contribution is 5.12. The standard InChI is InChI=1S/C18H29NO/c1-14-10-15(2)12-16(11-14)17(20)18(13-19)8-6-4-3-5-7-9-18/h10,14,16-17,20H,3-9,11-12H2,1-2H3. The summed E-state index contributed by atoms with van der Waals surface area (Å²) in [6, 6.07) is 2.54. The van der Waals surface area contributed by atoms with Crippen LogP contribution in [0.15, 0.2) is 11.6 Å². The number of hydrogen-bond acceptors (Lipinski definition) is 2. The predicted molar refractivity (Wildman–Crippen MR) is 82.0 cm³/mol. The Balaban J connectivity index is 2.13. The molecule has 20 heavy (non-hydrogen) atoms. The maximum absolute atomic E-state index is 11.0. The van der Waals surface area contributed by atoms with Gasteiger partial charge in [-0.05, 0) is 44.4 Å². The molecule has 2 heteroatoms. The highest BCUT2D eigenvalue weighted by Crippen LogP contribution is 2.43. The van der Waals surface area contributed by atoms with Gasteiger partial charge in [0.05, 0.1) is 17.6 Å². The van der Waals surface area contributed by atoms with Crippen LogP contribution < -0.4 is 0 Å². The third-order valence-electron chi connectivity index (χ3n) is 5.31. The van der Waals surface area contributed by atoms with Crippen LogP contribution in [-0.4, -0.2) is 11.2 Å². The van der Waals surface area contributed by atoms with E-state index in [4.69, 9.17) is 0 Å². The predicted octanol–water partition coefficient (Wildman–Crippen LogP) is 4.59. The smallest absolute Gasteiger partial charge is 0.0835 e. The van der Waals surface area contributed by atoms with Gasteiger partial charge in [-0.2, -0.15) is 5.26 Å². The highest BCUT2D eigenvalue weighted by Gasteiger charge is 2.42. The number of aliphatic hydroxyl groups is 1. The molecule has 2 nitrogen and oxygen atoms in total. The van der Waals surface area contributed by atoms with Gasteiger partial charge >= 0.3 is 0 Å². The summed E-state index contributed by atoms with van der Waals surface area (Å²) in [5.74, 6) is 0.807. The SMILES string of the molecule is CC1=CC(C)CC(C(O)C2(C#N)CCCCCCC2)C1. The first kappa shape index (κ1) is 15.6. The van der Waals surface area contributed by atoms with Crippen molar-refractivity contribution < 1.29 is 5.11 Å². The Labute approximate surface area is 123 Å². The second-order valence-corrected chi connectivity index (χ2v) is 7.17. The van der Waals surface area contributed by atoms with E-state index in [1.165, 1.54) is 24.8 Å². The Bertz CT molecular complexity index is 385. The monoisotopic (exact) mass is 275 g/mol. The van der Waals surface area contributed by atoms with Crippen molar-refractivity contribution in [3.05, 3.63) is 11.6 Å². The van der Waals surface area contributed by atoms with Crippen molar-refractivity contribution in [2.75, 3.05) is 0 Å². The van der Waals surface area contributed by atoms with E-state index >= 15 is 0 Å². The lowest BCUT2D eigenvalue weighted by Gasteiger charge is -2.40. The fourth-order valence-corrected chi connectivity index (χ4v) is 4.30. The zero-order valence-electron chi connectivity index (χ0n) is 13.1. The Kier molecular flexibility index (Phi) is 5.27. The van der Waals surface area contributed by atoms with Crippen LogP contribution in [0.5, 0.6) is 0 Å². The minimum atomic E-state index is -0.484. The molecule has 0 heterocycles. The second-order valence-electron chi connectivity index (χ2n) is 7.17. The zero-order valence-corrected chi connectivity index (χ0v) is 13.1. The van der Waals surface area contributed by atoms with Crippen molar-refractivity contribution in [1.82, 2.24) is 0 Å². The summed E-state index contributed by atoms with van der Waals surface area (Å²) in [5.41, 5.74) is 0.898. The second kappa shape index (κ2) is 6.76. The Hall–Kier alpha value is -0.810. The van der Waals surface area contributed by atoms with Gasteiger partial charge in [-0.15, -0.1) is 0 Å². The van der Waals surface area contributed by atoms with E-state index in [9.17, 15) is 10.4 Å². The number of rotatable bonds is 2. The fraction of sp³-hybridized carbons (Fsp3) is 0.833. The van der Waals surface area contributed by atoms with E-state index in [0.29, 0.717) is 5.92 Å². The van der Waals surface area contributed by atoms with E-state index in [0.717, 1.165) is 38.5 Å². The van der Waals surface area contributed by atoms with Gasteiger partial charge in [-0.3, -0.25) is 0 Å². The molecule has 112 valence electrons. The average Bonchev–Trinajstić information content (AvgIpc) is 2.37. The quantitative estimate of drug-likeness (QED) is 0.749. The van der Waals surface area contributed by atoms with Crippen molar-refractivity contribution >= 4 is 0 Å². The lowest BCUT2D eigenvalue weighted by Crippen LogP contribution is -2.41. The van der Waals surface area contributed by atoms with Crippen LogP contribution in [0.3, 0.4) is 0 Å². The van der Waals surface area contributed by atoms with Crippen LogP contribution in [0.2, 0.25) is 0 Å². The molecule has 0 aromatic heterocycles. The summed E-state index contributed by atoms with van der Waals surface area (Å²) in [7, 11) is 0. The first-order valence-corrected chi connectivity index (χ1v) is 8.34. The summed E-state index contributed by atoms with van der Waals surface area (Å²) >= 11 is 0. The molecule has 2 rings (SSSR count). The van der Waals surface area contributed by atoms with Crippen molar-refractivity contribution in [2.24, 2.45) is 17.3 Å². The van der Waals surface area contributed by atoms with Crippen molar-refractivity contribution in [3.63, 3.8) is 0 Å². The Morgan fingerprint density at radius 1 is 1.25 bits per heavy atom. The summed E-state index contributed by atoms with van der Waals surface area (Å²) < 4.78 is 0. The van der Waals surface area contributed by atoms with Crippen molar-refractivity contribution in [3.8, 4) is 6.07 Å². The summed E-state index contributed by atoms with van der Waals surface area (Å²) in [5, 5.41) is 20.7. The Morgan fingerprint density at radius 2 is 1.85 bits per heavy atom. The minimum absolute atomic E-state index is 0.272. The van der Waals surface area contributed by atoms with Gasteiger partial charge in [0.15, 0.2) is 0 Å². The average molecular weight is 275 g/mol. The lowest BCUT2D eigenvalue weighted by atomic mass is 9.66. The minimum Gasteiger partial charge on any atom is -0.391 e. The zero-order chi connectivity index (χ0) is 14.6. The molecule has 0 radical (unpaired) electrons. The van der Waals surface area contributed by atoms with E-state index in [2.05, 4.69) is 26.0 Å². The highest BCUT2D eigenvalue weighted by atomic mass is 16.3. The summed E-state index contributed by atoms with van der Waals surface area (Å²) in [6.07, 6.45) is 11.6. The maximum atomic E-state index is 11.0. The molecule has 0 saturated heterocycles. The molecule has 0 bridgehead atoms. The van der Waals surface area contributed by atoms with E-state index in [1.54, 1.807) is 0 Å². The maximum Gasteiger partial charge on any atom is 0.0835 e. The molecule has 2 aliphatic carbocycles. The van der Waals surface area contributed by atoms with Crippen LogP contribution in [-0.2, 0) is 0 Å². The number of allylic oxidation sites excluding steroid dienone is 2. The van der Waals surface area contributed by atoms with Gasteiger partial charge in [-0.25, -0.2) is 0 Å². The largest absolute Gasteiger partial charge is 0.391 e. The Morgan fingerprint density at radius 3 is 2.40 bits per heavy atom. The molecule has 1 fully saturated rings. The summed E-state index contributed by atoms with van der Waals surface area (Å²) in [6.45, 7) is 4.38. The molecule has 2 aliphatic rings. The topological polar surface area (TPSA) is 44.0 Å². The van der Waals surface area contributed by atoms with Crippen LogP contribution in [0.1, 0.15) is 71.6 Å². The molecule has 0 aromatic rings. The number of hydrogen-bond donors (Lipinski definition) is 1. The van der Waals surface area contributed by atoms with Gasteiger partial charge in [0.2, 0.25) is 0 Å². The van der Waals surface area contributed by atoms with Crippen LogP contribution in [0, 0.1) is 28.6 Å². The van der Waals surface area contributed by atoms with Gasteiger partial charge in [-0.1, -0.05) is 50.7 Å². The molecule has 0 aromatic carbocycles. The molecule has 0 spiro atoms. The first-order valence-electron chi connectivity index (χ1n) is 8.34. The molecule has 0 aliphatic heterocycles. The fourth-order valence-electron chi connectivity index (χ4n) is 4.30.